The molecule has 5 heteroatoms. The highest BCUT2D eigenvalue weighted by Gasteiger charge is 2.55. The summed E-state index contributed by atoms with van der Waals surface area (Å²) >= 11 is 0. The third-order valence-electron chi connectivity index (χ3n) is 8.54. The van der Waals surface area contributed by atoms with Crippen molar-refractivity contribution in [3.63, 3.8) is 0 Å². The predicted octanol–water partition coefficient (Wildman–Crippen LogP) is 4.94. The molecule has 0 aromatic rings. The summed E-state index contributed by atoms with van der Waals surface area (Å²) in [7, 11) is 0. The third-order valence-corrected chi connectivity index (χ3v) is 8.54. The lowest BCUT2D eigenvalue weighted by Gasteiger charge is -2.55. The standard InChI is InChI=1S/C21H30O5/c22-19(23-25-20-7-13-1-14(8-20)3-15(2-13)9-20)24-26-21-10-16-4-17(11-21)6-18(5-16)12-21/h13-18H,1-12H2. The highest BCUT2D eigenvalue weighted by Crippen LogP contribution is 2.58. The molecule has 8 fully saturated rings. The van der Waals surface area contributed by atoms with E-state index in [4.69, 9.17) is 19.6 Å². The molecule has 0 unspecified atom stereocenters. The molecule has 0 amide bonds. The van der Waals surface area contributed by atoms with Crippen LogP contribution >= 0.6 is 0 Å². The summed E-state index contributed by atoms with van der Waals surface area (Å²) in [6, 6.07) is 0. The highest BCUT2D eigenvalue weighted by atomic mass is 17.3. The summed E-state index contributed by atoms with van der Waals surface area (Å²) in [6.07, 6.45) is 13.4. The minimum absolute atomic E-state index is 0.255. The van der Waals surface area contributed by atoms with E-state index in [0.29, 0.717) is 0 Å². The minimum atomic E-state index is -0.823. The van der Waals surface area contributed by atoms with E-state index in [-0.39, 0.29) is 11.2 Å². The molecule has 0 radical (unpaired) electrons. The van der Waals surface area contributed by atoms with Gasteiger partial charge in [0.2, 0.25) is 0 Å². The van der Waals surface area contributed by atoms with Gasteiger partial charge in [0.05, 0.1) is 0 Å². The molecule has 144 valence electrons. The fourth-order valence-electron chi connectivity index (χ4n) is 8.53. The summed E-state index contributed by atoms with van der Waals surface area (Å²) < 4.78 is 0. The van der Waals surface area contributed by atoms with Gasteiger partial charge in [-0.1, -0.05) is 0 Å². The number of hydrogen-bond acceptors (Lipinski definition) is 5. The van der Waals surface area contributed by atoms with Gasteiger partial charge in [-0.15, -0.1) is 0 Å². The van der Waals surface area contributed by atoms with E-state index < -0.39 is 6.16 Å². The quantitative estimate of drug-likeness (QED) is 0.524. The van der Waals surface area contributed by atoms with Crippen LogP contribution < -0.4 is 0 Å². The van der Waals surface area contributed by atoms with Crippen molar-refractivity contribution in [1.82, 2.24) is 0 Å². The van der Waals surface area contributed by atoms with E-state index in [0.717, 1.165) is 74.0 Å². The average molecular weight is 362 g/mol. The highest BCUT2D eigenvalue weighted by molar-refractivity contribution is 5.58. The number of carbonyl (C=O) groups is 1. The number of rotatable bonds is 4. The molecule has 0 atom stereocenters. The van der Waals surface area contributed by atoms with Crippen LogP contribution in [0.3, 0.4) is 0 Å². The lowest BCUT2D eigenvalue weighted by atomic mass is 9.54. The van der Waals surface area contributed by atoms with Crippen LogP contribution in [0.4, 0.5) is 4.79 Å². The monoisotopic (exact) mass is 362 g/mol. The Balaban J connectivity index is 1.04. The van der Waals surface area contributed by atoms with Crippen molar-refractivity contribution in [2.24, 2.45) is 35.5 Å². The van der Waals surface area contributed by atoms with Gasteiger partial charge in [-0.25, -0.2) is 0 Å². The lowest BCUT2D eigenvalue weighted by molar-refractivity contribution is -0.405. The molecule has 8 aliphatic rings. The molecule has 8 rings (SSSR count). The third kappa shape index (κ3) is 2.69. The molecule has 0 aromatic carbocycles. The molecule has 5 nitrogen and oxygen atoms in total. The fraction of sp³-hybridized carbons (Fsp3) is 0.952. The summed E-state index contributed by atoms with van der Waals surface area (Å²) in [5, 5.41) is 0. The Morgan fingerprint density at radius 2 is 0.808 bits per heavy atom. The SMILES string of the molecule is O=C(OOC12CC3CC(CC(C3)C1)C2)OOC12CC3CC(CC(C3)C1)C2. The Morgan fingerprint density at radius 3 is 1.08 bits per heavy atom. The first kappa shape index (κ1) is 16.2. The van der Waals surface area contributed by atoms with Crippen molar-refractivity contribution >= 4 is 6.16 Å². The average Bonchev–Trinajstić information content (AvgIpc) is 2.56. The van der Waals surface area contributed by atoms with Crippen LogP contribution in [0.15, 0.2) is 0 Å². The molecule has 26 heavy (non-hydrogen) atoms. The topological polar surface area (TPSA) is 54.0 Å². The first-order valence-corrected chi connectivity index (χ1v) is 10.8. The summed E-state index contributed by atoms with van der Waals surface area (Å²) in [5.74, 6) is 4.52. The normalized spacial score (nSPS) is 53.1. The van der Waals surface area contributed by atoms with Gasteiger partial charge in [0.15, 0.2) is 0 Å². The molecule has 0 saturated heterocycles. The van der Waals surface area contributed by atoms with Crippen molar-refractivity contribution in [3.8, 4) is 0 Å². The van der Waals surface area contributed by atoms with Crippen LogP contribution in [0, 0.1) is 35.5 Å². The maximum Gasteiger partial charge on any atom is 0.573 e. The van der Waals surface area contributed by atoms with Gasteiger partial charge in [0, 0.05) is 0 Å². The maximum absolute atomic E-state index is 12.1. The summed E-state index contributed by atoms with van der Waals surface area (Å²) in [4.78, 5) is 33.8. The smallest absolute Gasteiger partial charge is 0.257 e. The van der Waals surface area contributed by atoms with E-state index >= 15 is 0 Å². The second-order valence-electron chi connectivity index (χ2n) is 10.8. The second kappa shape index (κ2) is 5.60. The number of carbonyl (C=O) groups excluding carboxylic acids is 1. The Bertz CT molecular complexity index is 479. The zero-order chi connectivity index (χ0) is 17.4. The molecule has 8 bridgehead atoms. The molecule has 0 aromatic heterocycles. The molecular weight excluding hydrogens is 332 g/mol. The molecule has 0 spiro atoms. The van der Waals surface area contributed by atoms with Crippen molar-refractivity contribution < 1.29 is 24.3 Å². The predicted molar refractivity (Wildman–Crippen MR) is 91.5 cm³/mol. The van der Waals surface area contributed by atoms with Gasteiger partial charge in [-0.2, -0.15) is 14.6 Å². The van der Waals surface area contributed by atoms with Gasteiger partial charge >= 0.3 is 6.16 Å². The number of hydrogen-bond donors (Lipinski definition) is 0. The van der Waals surface area contributed by atoms with E-state index in [9.17, 15) is 4.79 Å². The Morgan fingerprint density at radius 1 is 0.538 bits per heavy atom. The van der Waals surface area contributed by atoms with Crippen molar-refractivity contribution in [2.45, 2.75) is 88.3 Å². The molecule has 8 aliphatic carbocycles. The van der Waals surface area contributed by atoms with E-state index in [1.54, 1.807) is 0 Å². The molecule has 0 heterocycles. The van der Waals surface area contributed by atoms with Crippen LogP contribution in [-0.4, -0.2) is 17.4 Å². The zero-order valence-corrected chi connectivity index (χ0v) is 15.5. The van der Waals surface area contributed by atoms with Crippen LogP contribution in [0.5, 0.6) is 0 Å². The van der Waals surface area contributed by atoms with E-state index in [1.807, 2.05) is 0 Å². The molecule has 8 saturated carbocycles. The largest absolute Gasteiger partial charge is 0.573 e. The van der Waals surface area contributed by atoms with Gasteiger partial charge in [-0.3, -0.25) is 9.78 Å². The van der Waals surface area contributed by atoms with Crippen LogP contribution in [-0.2, 0) is 19.6 Å². The van der Waals surface area contributed by atoms with E-state index in [1.165, 1.54) is 38.5 Å². The molecular formula is C21H30O5. The van der Waals surface area contributed by atoms with Crippen molar-refractivity contribution in [1.29, 1.82) is 0 Å². The zero-order valence-electron chi connectivity index (χ0n) is 15.5. The molecule has 0 aliphatic heterocycles. The van der Waals surface area contributed by atoms with Crippen LogP contribution in [0.2, 0.25) is 0 Å². The van der Waals surface area contributed by atoms with Gasteiger partial charge in [0.25, 0.3) is 0 Å². The van der Waals surface area contributed by atoms with E-state index in [2.05, 4.69) is 0 Å². The van der Waals surface area contributed by atoms with Gasteiger partial charge < -0.3 is 0 Å². The van der Waals surface area contributed by atoms with Gasteiger partial charge in [0.1, 0.15) is 11.2 Å². The Labute approximate surface area is 154 Å². The minimum Gasteiger partial charge on any atom is -0.257 e. The first-order valence-electron chi connectivity index (χ1n) is 10.8. The van der Waals surface area contributed by atoms with Crippen molar-refractivity contribution in [3.05, 3.63) is 0 Å². The summed E-state index contributed by atoms with van der Waals surface area (Å²) in [5.41, 5.74) is -0.511. The van der Waals surface area contributed by atoms with Gasteiger partial charge in [-0.05, 0) is 113 Å². The molecule has 0 N–H and O–H groups in total. The maximum atomic E-state index is 12.1. The summed E-state index contributed by atoms with van der Waals surface area (Å²) in [6.45, 7) is 0. The first-order chi connectivity index (χ1) is 12.6. The fourth-order valence-corrected chi connectivity index (χ4v) is 8.53. The second-order valence-corrected chi connectivity index (χ2v) is 10.8. The Hall–Kier alpha value is -0.810. The van der Waals surface area contributed by atoms with Crippen LogP contribution in [0.25, 0.3) is 0 Å². The lowest BCUT2D eigenvalue weighted by Crippen LogP contribution is -2.53. The van der Waals surface area contributed by atoms with Crippen LogP contribution in [0.1, 0.15) is 77.0 Å². The Kier molecular flexibility index (Phi) is 3.48. The van der Waals surface area contributed by atoms with Crippen molar-refractivity contribution in [2.75, 3.05) is 0 Å².